The highest BCUT2D eigenvalue weighted by atomic mass is 16.6. The summed E-state index contributed by atoms with van der Waals surface area (Å²) in [6, 6.07) is 6.43. The maximum absolute atomic E-state index is 11.2. The van der Waals surface area contributed by atoms with Gasteiger partial charge in [-0.15, -0.1) is 0 Å². The van der Waals surface area contributed by atoms with Gasteiger partial charge in [-0.05, 0) is 18.9 Å². The average molecular weight is 287 g/mol. The van der Waals surface area contributed by atoms with Crippen molar-refractivity contribution >= 4 is 28.2 Å². The van der Waals surface area contributed by atoms with Crippen LogP contribution >= 0.6 is 0 Å². The zero-order valence-corrected chi connectivity index (χ0v) is 11.1. The van der Waals surface area contributed by atoms with E-state index in [2.05, 4.69) is 10.3 Å². The van der Waals surface area contributed by atoms with Crippen LogP contribution in [0.1, 0.15) is 12.8 Å². The van der Waals surface area contributed by atoms with Gasteiger partial charge in [-0.2, -0.15) is 0 Å². The van der Waals surface area contributed by atoms with Crippen molar-refractivity contribution in [2.24, 2.45) is 5.41 Å². The fourth-order valence-electron chi connectivity index (χ4n) is 2.34. The number of nitrogens with one attached hydrogen (secondary N) is 1. The predicted molar refractivity (Wildman–Crippen MR) is 76.2 cm³/mol. The quantitative estimate of drug-likeness (QED) is 0.646. The summed E-state index contributed by atoms with van der Waals surface area (Å²) in [4.78, 5) is 25.8. The molecule has 2 N–H and O–H groups in total. The maximum atomic E-state index is 11.2. The standard InChI is InChI=1S/C14H13N3O4/c18-13(19)14(5-6-14)8-16-10-4-7-15-12-9(10)2-1-3-11(12)17(20)21/h1-4,7H,5-6,8H2,(H,15,16)(H,18,19). The van der Waals surface area contributed by atoms with Gasteiger partial charge in [0.25, 0.3) is 5.69 Å². The highest BCUT2D eigenvalue weighted by Crippen LogP contribution is 2.46. The van der Waals surface area contributed by atoms with Gasteiger partial charge < -0.3 is 10.4 Å². The van der Waals surface area contributed by atoms with Crippen molar-refractivity contribution in [1.29, 1.82) is 0 Å². The van der Waals surface area contributed by atoms with E-state index in [9.17, 15) is 20.0 Å². The second-order valence-corrected chi connectivity index (χ2v) is 5.23. The highest BCUT2D eigenvalue weighted by molar-refractivity contribution is 5.96. The Bertz CT molecular complexity index is 740. The topological polar surface area (TPSA) is 105 Å². The number of hydrogen-bond donors (Lipinski definition) is 2. The van der Waals surface area contributed by atoms with Crippen molar-refractivity contribution in [3.63, 3.8) is 0 Å². The van der Waals surface area contributed by atoms with Gasteiger partial charge in [0.2, 0.25) is 0 Å². The lowest BCUT2D eigenvalue weighted by molar-refractivity contribution is -0.383. The first-order valence-electron chi connectivity index (χ1n) is 6.53. The van der Waals surface area contributed by atoms with Crippen LogP contribution in [0.15, 0.2) is 30.5 Å². The molecular weight excluding hydrogens is 274 g/mol. The molecule has 0 saturated heterocycles. The molecule has 2 aromatic rings. The van der Waals surface area contributed by atoms with E-state index in [1.807, 2.05) is 0 Å². The SMILES string of the molecule is O=C(O)C1(CNc2ccnc3c([N+](=O)[O-])cccc23)CC1. The molecule has 0 aliphatic heterocycles. The van der Waals surface area contributed by atoms with Crippen LogP contribution in [0.5, 0.6) is 0 Å². The summed E-state index contributed by atoms with van der Waals surface area (Å²) in [5.41, 5.74) is 0.204. The molecule has 1 heterocycles. The largest absolute Gasteiger partial charge is 0.481 e. The minimum absolute atomic E-state index is 0.0597. The molecule has 7 nitrogen and oxygen atoms in total. The number of hydrogen-bond acceptors (Lipinski definition) is 5. The number of aromatic nitrogens is 1. The molecule has 1 aromatic carbocycles. The fraction of sp³-hybridized carbons (Fsp3) is 0.286. The Kier molecular flexibility index (Phi) is 2.97. The third-order valence-corrected chi connectivity index (χ3v) is 3.87. The van der Waals surface area contributed by atoms with Crippen molar-refractivity contribution in [3.8, 4) is 0 Å². The number of carboxylic acid groups (broad SMARTS) is 1. The molecule has 21 heavy (non-hydrogen) atoms. The van der Waals surface area contributed by atoms with Gasteiger partial charge in [0, 0.05) is 29.9 Å². The molecule has 0 radical (unpaired) electrons. The Morgan fingerprint density at radius 2 is 2.19 bits per heavy atom. The predicted octanol–water partition coefficient (Wildman–Crippen LogP) is 2.42. The molecule has 0 spiro atoms. The first-order chi connectivity index (χ1) is 10.0. The third-order valence-electron chi connectivity index (χ3n) is 3.87. The van der Waals surface area contributed by atoms with Gasteiger partial charge in [0.15, 0.2) is 0 Å². The van der Waals surface area contributed by atoms with Crippen LogP contribution in [0.25, 0.3) is 10.9 Å². The summed E-state index contributed by atoms with van der Waals surface area (Å²) in [6.07, 6.45) is 2.79. The Balaban J connectivity index is 1.95. The third kappa shape index (κ3) is 2.26. The number of fused-ring (bicyclic) bond motifs is 1. The van der Waals surface area contributed by atoms with Crippen LogP contribution < -0.4 is 5.32 Å². The van der Waals surface area contributed by atoms with Gasteiger partial charge in [0.05, 0.1) is 10.3 Å². The Morgan fingerprint density at radius 3 is 2.81 bits per heavy atom. The summed E-state index contributed by atoms with van der Waals surface area (Å²) in [5, 5.41) is 23.9. The van der Waals surface area contributed by atoms with E-state index in [1.54, 1.807) is 18.2 Å². The number of non-ortho nitro benzene ring substituents is 1. The fourth-order valence-corrected chi connectivity index (χ4v) is 2.34. The van der Waals surface area contributed by atoms with Crippen molar-refractivity contribution in [2.45, 2.75) is 12.8 Å². The maximum Gasteiger partial charge on any atom is 0.311 e. The Labute approximate surface area is 119 Å². The van der Waals surface area contributed by atoms with E-state index >= 15 is 0 Å². The normalized spacial score (nSPS) is 15.6. The van der Waals surface area contributed by atoms with Crippen LogP contribution in [-0.2, 0) is 4.79 Å². The van der Waals surface area contributed by atoms with Crippen LogP contribution in [0.4, 0.5) is 11.4 Å². The number of carboxylic acids is 1. The van der Waals surface area contributed by atoms with Crippen molar-refractivity contribution in [2.75, 3.05) is 11.9 Å². The molecule has 0 amide bonds. The summed E-state index contributed by atoms with van der Waals surface area (Å²) < 4.78 is 0. The number of carbonyl (C=O) groups is 1. The second kappa shape index (κ2) is 4.69. The lowest BCUT2D eigenvalue weighted by atomic mass is 10.1. The Morgan fingerprint density at radius 1 is 1.43 bits per heavy atom. The van der Waals surface area contributed by atoms with E-state index < -0.39 is 16.3 Å². The first-order valence-corrected chi connectivity index (χ1v) is 6.53. The number of aliphatic carboxylic acids is 1. The van der Waals surface area contributed by atoms with E-state index in [0.717, 1.165) is 0 Å². The molecule has 1 fully saturated rings. The number of nitro benzene ring substituents is 1. The summed E-state index contributed by atoms with van der Waals surface area (Å²) >= 11 is 0. The van der Waals surface area contributed by atoms with E-state index in [-0.39, 0.29) is 5.69 Å². The highest BCUT2D eigenvalue weighted by Gasteiger charge is 2.50. The second-order valence-electron chi connectivity index (χ2n) is 5.23. The molecule has 3 rings (SSSR count). The lowest BCUT2D eigenvalue weighted by Crippen LogP contribution is -2.24. The van der Waals surface area contributed by atoms with E-state index in [1.165, 1.54) is 12.3 Å². The molecular formula is C14H13N3O4. The van der Waals surface area contributed by atoms with Crippen LogP contribution in [0, 0.1) is 15.5 Å². The number of rotatable bonds is 5. The van der Waals surface area contributed by atoms with Gasteiger partial charge in [0.1, 0.15) is 5.52 Å². The summed E-state index contributed by atoms with van der Waals surface area (Å²) in [7, 11) is 0. The van der Waals surface area contributed by atoms with Crippen LogP contribution in [-0.4, -0.2) is 27.5 Å². The smallest absolute Gasteiger partial charge is 0.311 e. The van der Waals surface area contributed by atoms with Gasteiger partial charge >= 0.3 is 5.97 Å². The molecule has 1 aliphatic rings. The number of pyridine rings is 1. The summed E-state index contributed by atoms with van der Waals surface area (Å²) in [6.45, 7) is 0.310. The first kappa shape index (κ1) is 13.3. The average Bonchev–Trinajstić information content (AvgIpc) is 3.25. The lowest BCUT2D eigenvalue weighted by Gasteiger charge is -2.13. The van der Waals surface area contributed by atoms with Crippen molar-refractivity contribution in [3.05, 3.63) is 40.6 Å². The number of nitro groups is 1. The Hall–Kier alpha value is -2.70. The number of anilines is 1. The zero-order valence-electron chi connectivity index (χ0n) is 11.1. The van der Waals surface area contributed by atoms with Gasteiger partial charge in [-0.1, -0.05) is 12.1 Å². The molecule has 108 valence electrons. The monoisotopic (exact) mass is 287 g/mol. The molecule has 1 aliphatic carbocycles. The minimum atomic E-state index is -0.806. The van der Waals surface area contributed by atoms with Gasteiger partial charge in [-0.3, -0.25) is 14.9 Å². The number of benzene rings is 1. The zero-order chi connectivity index (χ0) is 15.0. The van der Waals surface area contributed by atoms with E-state index in [4.69, 9.17) is 0 Å². The number of para-hydroxylation sites is 1. The summed E-state index contributed by atoms with van der Waals surface area (Å²) in [5.74, 6) is -0.806. The van der Waals surface area contributed by atoms with Crippen molar-refractivity contribution in [1.82, 2.24) is 4.98 Å². The van der Waals surface area contributed by atoms with E-state index in [0.29, 0.717) is 36.0 Å². The molecule has 0 unspecified atom stereocenters. The molecule has 7 heteroatoms. The van der Waals surface area contributed by atoms with Crippen LogP contribution in [0.3, 0.4) is 0 Å². The minimum Gasteiger partial charge on any atom is -0.481 e. The van der Waals surface area contributed by atoms with Gasteiger partial charge in [-0.25, -0.2) is 4.98 Å². The molecule has 0 atom stereocenters. The van der Waals surface area contributed by atoms with Crippen molar-refractivity contribution < 1.29 is 14.8 Å². The molecule has 1 saturated carbocycles. The van der Waals surface area contributed by atoms with Crippen LogP contribution in [0.2, 0.25) is 0 Å². The number of nitrogens with zero attached hydrogens (tertiary/aromatic N) is 2. The molecule has 0 bridgehead atoms. The molecule has 1 aromatic heterocycles.